The molecule has 2 unspecified atom stereocenters. The minimum atomic E-state index is -3.74. The number of sulfonamides is 1. The predicted octanol–water partition coefficient (Wildman–Crippen LogP) is 4.19. The molecule has 1 aliphatic carbocycles. The van der Waals surface area contributed by atoms with Gasteiger partial charge >= 0.3 is 0 Å². The Labute approximate surface area is 155 Å². The highest BCUT2D eigenvalue weighted by Gasteiger charge is 2.24. The number of aromatic nitrogens is 1. The maximum atomic E-state index is 12.6. The van der Waals surface area contributed by atoms with Gasteiger partial charge < -0.3 is 9.26 Å². The second-order valence-electron chi connectivity index (χ2n) is 7.16. The summed E-state index contributed by atoms with van der Waals surface area (Å²) in [6.45, 7) is 5.95. The second-order valence-corrected chi connectivity index (χ2v) is 8.78. The lowest BCUT2D eigenvalue weighted by molar-refractivity contribution is 0.00469. The molecule has 2 atom stereocenters. The van der Waals surface area contributed by atoms with Crippen molar-refractivity contribution in [3.05, 3.63) is 41.3 Å². The molecule has 0 saturated heterocycles. The molecule has 1 aromatic carbocycles. The smallest absolute Gasteiger partial charge is 0.267 e. The normalized spacial score (nSPS) is 20.9. The Kier molecular flexibility index (Phi) is 5.67. The van der Waals surface area contributed by atoms with Crippen LogP contribution in [0.4, 0.5) is 5.69 Å². The van der Waals surface area contributed by atoms with Crippen LogP contribution in [0.2, 0.25) is 0 Å². The lowest BCUT2D eigenvalue weighted by Crippen LogP contribution is -2.21. The molecule has 0 bridgehead atoms. The molecule has 1 fully saturated rings. The summed E-state index contributed by atoms with van der Waals surface area (Å²) in [5, 5.41) is 3.71. The zero-order chi connectivity index (χ0) is 18.7. The number of hydrogen-bond acceptors (Lipinski definition) is 5. The monoisotopic (exact) mass is 378 g/mol. The molecule has 3 rings (SSSR count). The zero-order valence-electron chi connectivity index (χ0n) is 15.5. The Balaban J connectivity index is 1.67. The SMILES string of the molecule is Cc1noc(C)c1S(=O)(=O)Nc1cccc(COC2CCCC(C)C2)c1. The van der Waals surface area contributed by atoms with E-state index in [1.165, 1.54) is 12.8 Å². The van der Waals surface area contributed by atoms with Crippen molar-refractivity contribution in [3.8, 4) is 0 Å². The molecule has 1 saturated carbocycles. The van der Waals surface area contributed by atoms with E-state index in [2.05, 4.69) is 16.8 Å². The van der Waals surface area contributed by atoms with Crippen molar-refractivity contribution in [2.45, 2.75) is 64.1 Å². The van der Waals surface area contributed by atoms with Gasteiger partial charge in [-0.05, 0) is 50.3 Å². The van der Waals surface area contributed by atoms with Crippen molar-refractivity contribution in [1.29, 1.82) is 0 Å². The number of nitrogens with zero attached hydrogens (tertiary/aromatic N) is 1. The Morgan fingerprint density at radius 1 is 1.31 bits per heavy atom. The summed E-state index contributed by atoms with van der Waals surface area (Å²) >= 11 is 0. The van der Waals surface area contributed by atoms with Gasteiger partial charge in [-0.15, -0.1) is 0 Å². The first-order valence-corrected chi connectivity index (χ1v) is 10.5. The summed E-state index contributed by atoms with van der Waals surface area (Å²) in [5.41, 5.74) is 1.80. The van der Waals surface area contributed by atoms with Crippen LogP contribution >= 0.6 is 0 Å². The number of hydrogen-bond donors (Lipinski definition) is 1. The van der Waals surface area contributed by atoms with E-state index in [1.807, 2.05) is 18.2 Å². The summed E-state index contributed by atoms with van der Waals surface area (Å²) in [7, 11) is -3.74. The predicted molar refractivity (Wildman–Crippen MR) is 99.4 cm³/mol. The van der Waals surface area contributed by atoms with Crippen LogP contribution in [0.5, 0.6) is 0 Å². The summed E-state index contributed by atoms with van der Waals surface area (Å²) in [6.07, 6.45) is 4.98. The van der Waals surface area contributed by atoms with Gasteiger partial charge in [-0.2, -0.15) is 0 Å². The van der Waals surface area contributed by atoms with Crippen molar-refractivity contribution in [2.24, 2.45) is 5.92 Å². The summed E-state index contributed by atoms with van der Waals surface area (Å²) < 4.78 is 38.8. The number of nitrogens with one attached hydrogen (secondary N) is 1. The molecule has 26 heavy (non-hydrogen) atoms. The van der Waals surface area contributed by atoms with Gasteiger partial charge in [0.25, 0.3) is 10.0 Å². The molecule has 0 amide bonds. The van der Waals surface area contributed by atoms with Gasteiger partial charge in [0.15, 0.2) is 10.7 Å². The first-order chi connectivity index (χ1) is 12.3. The molecule has 1 aromatic heterocycles. The quantitative estimate of drug-likeness (QED) is 0.815. The maximum Gasteiger partial charge on any atom is 0.267 e. The van der Waals surface area contributed by atoms with Gasteiger partial charge in [0, 0.05) is 5.69 Å². The molecule has 6 nitrogen and oxygen atoms in total. The fourth-order valence-electron chi connectivity index (χ4n) is 3.53. The first kappa shape index (κ1) is 18.9. The fraction of sp³-hybridized carbons (Fsp3) is 0.526. The molecule has 7 heteroatoms. The van der Waals surface area contributed by atoms with Crippen LogP contribution in [0.25, 0.3) is 0 Å². The van der Waals surface area contributed by atoms with E-state index < -0.39 is 10.0 Å². The zero-order valence-corrected chi connectivity index (χ0v) is 16.3. The van der Waals surface area contributed by atoms with Crippen LogP contribution in [0.15, 0.2) is 33.7 Å². The minimum absolute atomic E-state index is 0.0929. The number of anilines is 1. The molecular formula is C19H26N2O4S. The van der Waals surface area contributed by atoms with Crippen LogP contribution in [-0.4, -0.2) is 19.7 Å². The first-order valence-electron chi connectivity index (χ1n) is 9.01. The lowest BCUT2D eigenvalue weighted by atomic mass is 9.89. The van der Waals surface area contributed by atoms with Gasteiger partial charge in [-0.3, -0.25) is 4.72 Å². The number of ether oxygens (including phenoxy) is 1. The van der Waals surface area contributed by atoms with Crippen LogP contribution in [-0.2, 0) is 21.4 Å². The summed E-state index contributed by atoms with van der Waals surface area (Å²) in [4.78, 5) is 0.0929. The molecule has 1 N–H and O–H groups in total. The number of rotatable bonds is 6. The van der Waals surface area contributed by atoms with E-state index in [9.17, 15) is 8.42 Å². The van der Waals surface area contributed by atoms with Crippen LogP contribution < -0.4 is 4.72 Å². The molecule has 0 aliphatic heterocycles. The summed E-state index contributed by atoms with van der Waals surface area (Å²) in [5.74, 6) is 0.989. The lowest BCUT2D eigenvalue weighted by Gasteiger charge is -2.26. The van der Waals surface area contributed by atoms with Gasteiger partial charge in [0.1, 0.15) is 5.69 Å². The van der Waals surface area contributed by atoms with Crippen LogP contribution in [0, 0.1) is 19.8 Å². The molecule has 1 heterocycles. The Morgan fingerprint density at radius 2 is 2.12 bits per heavy atom. The van der Waals surface area contributed by atoms with Gasteiger partial charge in [-0.25, -0.2) is 8.42 Å². The molecule has 2 aromatic rings. The topological polar surface area (TPSA) is 81.4 Å². The van der Waals surface area contributed by atoms with E-state index >= 15 is 0 Å². The molecular weight excluding hydrogens is 352 g/mol. The third kappa shape index (κ3) is 4.45. The molecule has 0 radical (unpaired) electrons. The Morgan fingerprint density at radius 3 is 2.81 bits per heavy atom. The minimum Gasteiger partial charge on any atom is -0.374 e. The maximum absolute atomic E-state index is 12.6. The van der Waals surface area contributed by atoms with Crippen molar-refractivity contribution < 1.29 is 17.7 Å². The van der Waals surface area contributed by atoms with Gasteiger partial charge in [0.2, 0.25) is 0 Å². The Hall–Kier alpha value is -1.86. The molecule has 142 valence electrons. The number of benzene rings is 1. The Bertz CT molecular complexity index is 841. The van der Waals surface area contributed by atoms with Gasteiger partial charge in [0.05, 0.1) is 12.7 Å². The average Bonchev–Trinajstić information content (AvgIpc) is 2.92. The van der Waals surface area contributed by atoms with Crippen molar-refractivity contribution in [1.82, 2.24) is 5.16 Å². The van der Waals surface area contributed by atoms with Gasteiger partial charge in [-0.1, -0.05) is 37.1 Å². The van der Waals surface area contributed by atoms with Crippen LogP contribution in [0.1, 0.15) is 49.6 Å². The van der Waals surface area contributed by atoms with Crippen molar-refractivity contribution in [2.75, 3.05) is 4.72 Å². The average molecular weight is 378 g/mol. The van der Waals surface area contributed by atoms with E-state index in [0.29, 0.717) is 30.0 Å². The van der Waals surface area contributed by atoms with E-state index in [0.717, 1.165) is 18.4 Å². The standard InChI is InChI=1S/C19H26N2O4S/c1-13-6-4-9-18(10-13)24-12-16-7-5-8-17(11-16)21-26(22,23)19-14(2)20-25-15(19)3/h5,7-8,11,13,18,21H,4,6,9-10,12H2,1-3H3. The highest BCUT2D eigenvalue weighted by atomic mass is 32.2. The number of aryl methyl sites for hydroxylation is 2. The molecule has 0 spiro atoms. The fourth-order valence-corrected chi connectivity index (χ4v) is 4.91. The van der Waals surface area contributed by atoms with Crippen LogP contribution in [0.3, 0.4) is 0 Å². The highest BCUT2D eigenvalue weighted by Crippen LogP contribution is 2.27. The second kappa shape index (κ2) is 7.80. The molecule has 1 aliphatic rings. The van der Waals surface area contributed by atoms with E-state index in [1.54, 1.807) is 19.9 Å². The van der Waals surface area contributed by atoms with Crippen molar-refractivity contribution >= 4 is 15.7 Å². The third-order valence-electron chi connectivity index (χ3n) is 4.79. The summed E-state index contributed by atoms with van der Waals surface area (Å²) in [6, 6.07) is 7.30. The van der Waals surface area contributed by atoms with E-state index in [-0.39, 0.29) is 10.7 Å². The highest BCUT2D eigenvalue weighted by molar-refractivity contribution is 7.92. The van der Waals surface area contributed by atoms with Crippen molar-refractivity contribution in [3.63, 3.8) is 0 Å². The largest absolute Gasteiger partial charge is 0.374 e. The third-order valence-corrected chi connectivity index (χ3v) is 6.41. The van der Waals surface area contributed by atoms with E-state index in [4.69, 9.17) is 9.26 Å².